The molecule has 0 saturated carbocycles. The van der Waals surface area contributed by atoms with E-state index in [0.717, 1.165) is 19.4 Å². The molecule has 0 aliphatic heterocycles. The standard InChI is InChI=1S/C10H20N2/c1-5-9(8-11)12-7-6-10(2,3)4/h9,12H,5-7H2,1-4H3. The van der Waals surface area contributed by atoms with E-state index >= 15 is 0 Å². The smallest absolute Gasteiger partial charge is 0.0950 e. The van der Waals surface area contributed by atoms with Gasteiger partial charge in [-0.3, -0.25) is 0 Å². The molecule has 1 N–H and O–H groups in total. The van der Waals surface area contributed by atoms with Crippen LogP contribution in [0.25, 0.3) is 0 Å². The first-order valence-electron chi connectivity index (χ1n) is 4.62. The SMILES string of the molecule is CCC(C#N)NCCC(C)(C)C. The molecule has 0 rings (SSSR count). The van der Waals surface area contributed by atoms with Gasteiger partial charge in [-0.1, -0.05) is 27.7 Å². The van der Waals surface area contributed by atoms with Gasteiger partial charge in [0.2, 0.25) is 0 Å². The lowest BCUT2D eigenvalue weighted by Gasteiger charge is -2.19. The van der Waals surface area contributed by atoms with Gasteiger partial charge >= 0.3 is 0 Å². The van der Waals surface area contributed by atoms with Crippen LogP contribution in [0.2, 0.25) is 0 Å². The summed E-state index contributed by atoms with van der Waals surface area (Å²) < 4.78 is 0. The highest BCUT2D eigenvalue weighted by Crippen LogP contribution is 2.17. The summed E-state index contributed by atoms with van der Waals surface area (Å²) in [6.45, 7) is 9.60. The van der Waals surface area contributed by atoms with E-state index < -0.39 is 0 Å². The van der Waals surface area contributed by atoms with Crippen LogP contribution in [0, 0.1) is 16.7 Å². The van der Waals surface area contributed by atoms with Crippen LogP contribution in [0.5, 0.6) is 0 Å². The molecule has 0 heterocycles. The highest BCUT2D eigenvalue weighted by molar-refractivity contribution is 4.88. The zero-order valence-electron chi connectivity index (χ0n) is 8.65. The molecule has 0 amide bonds. The second kappa shape index (κ2) is 5.16. The van der Waals surface area contributed by atoms with E-state index in [1.54, 1.807) is 0 Å². The summed E-state index contributed by atoms with van der Waals surface area (Å²) in [6.07, 6.45) is 2.01. The quantitative estimate of drug-likeness (QED) is 0.699. The molecule has 0 aromatic heterocycles. The van der Waals surface area contributed by atoms with Gasteiger partial charge in [0.15, 0.2) is 0 Å². The van der Waals surface area contributed by atoms with Gasteiger partial charge in [0.1, 0.15) is 0 Å². The molecule has 1 unspecified atom stereocenters. The number of hydrogen-bond donors (Lipinski definition) is 1. The van der Waals surface area contributed by atoms with Crippen molar-refractivity contribution in [2.24, 2.45) is 5.41 Å². The van der Waals surface area contributed by atoms with E-state index in [9.17, 15) is 0 Å². The topological polar surface area (TPSA) is 35.8 Å². The van der Waals surface area contributed by atoms with Crippen molar-refractivity contribution in [1.82, 2.24) is 5.32 Å². The van der Waals surface area contributed by atoms with Crippen molar-refractivity contribution in [2.45, 2.75) is 46.6 Å². The van der Waals surface area contributed by atoms with Crippen molar-refractivity contribution >= 4 is 0 Å². The maximum Gasteiger partial charge on any atom is 0.0950 e. The molecule has 1 atom stereocenters. The number of nitrogens with one attached hydrogen (secondary N) is 1. The molecule has 0 aromatic carbocycles. The first-order valence-corrected chi connectivity index (χ1v) is 4.62. The molecular weight excluding hydrogens is 148 g/mol. The lowest BCUT2D eigenvalue weighted by molar-refractivity contribution is 0.361. The molecule has 0 saturated heterocycles. The van der Waals surface area contributed by atoms with Gasteiger partial charge in [-0.15, -0.1) is 0 Å². The van der Waals surface area contributed by atoms with Gasteiger partial charge in [-0.2, -0.15) is 5.26 Å². The Labute approximate surface area is 76.0 Å². The second-order valence-electron chi connectivity index (χ2n) is 4.35. The van der Waals surface area contributed by atoms with Gasteiger partial charge in [-0.25, -0.2) is 0 Å². The highest BCUT2D eigenvalue weighted by atomic mass is 14.9. The minimum absolute atomic E-state index is 0.0346. The van der Waals surface area contributed by atoms with Crippen molar-refractivity contribution in [3.8, 4) is 6.07 Å². The van der Waals surface area contributed by atoms with E-state index in [4.69, 9.17) is 5.26 Å². The van der Waals surface area contributed by atoms with Crippen LogP contribution >= 0.6 is 0 Å². The van der Waals surface area contributed by atoms with Crippen LogP contribution < -0.4 is 5.32 Å². The summed E-state index contributed by atoms with van der Waals surface area (Å²) in [5, 5.41) is 11.9. The monoisotopic (exact) mass is 168 g/mol. The molecule has 0 spiro atoms. The third-order valence-electron chi connectivity index (χ3n) is 1.83. The Hall–Kier alpha value is -0.550. The number of rotatable bonds is 4. The maximum absolute atomic E-state index is 8.64. The van der Waals surface area contributed by atoms with Crippen LogP contribution in [0.4, 0.5) is 0 Å². The van der Waals surface area contributed by atoms with E-state index in [-0.39, 0.29) is 6.04 Å². The first-order chi connectivity index (χ1) is 5.49. The highest BCUT2D eigenvalue weighted by Gasteiger charge is 2.10. The predicted octanol–water partition coefficient (Wildman–Crippen LogP) is 2.31. The van der Waals surface area contributed by atoms with Crippen molar-refractivity contribution < 1.29 is 0 Å². The maximum atomic E-state index is 8.64. The summed E-state index contributed by atoms with van der Waals surface area (Å²) >= 11 is 0. The third kappa shape index (κ3) is 6.18. The summed E-state index contributed by atoms with van der Waals surface area (Å²) in [7, 11) is 0. The average molecular weight is 168 g/mol. The molecule has 2 nitrogen and oxygen atoms in total. The second-order valence-corrected chi connectivity index (χ2v) is 4.35. The molecular formula is C10H20N2. The molecule has 0 aliphatic carbocycles. The normalized spacial score (nSPS) is 13.9. The third-order valence-corrected chi connectivity index (χ3v) is 1.83. The fraction of sp³-hybridized carbons (Fsp3) is 0.900. The van der Waals surface area contributed by atoms with Crippen LogP contribution in [0.1, 0.15) is 40.5 Å². The minimum Gasteiger partial charge on any atom is -0.302 e. The minimum atomic E-state index is 0.0346. The van der Waals surface area contributed by atoms with Gasteiger partial charge in [-0.05, 0) is 24.8 Å². The zero-order valence-corrected chi connectivity index (χ0v) is 8.65. The number of nitrogens with zero attached hydrogens (tertiary/aromatic N) is 1. The summed E-state index contributed by atoms with van der Waals surface area (Å²) in [5.41, 5.74) is 0.362. The molecule has 0 aromatic rings. The van der Waals surface area contributed by atoms with Gasteiger partial charge in [0.25, 0.3) is 0 Å². The Morgan fingerprint density at radius 1 is 1.42 bits per heavy atom. The van der Waals surface area contributed by atoms with Crippen molar-refractivity contribution in [1.29, 1.82) is 5.26 Å². The molecule has 70 valence electrons. The molecule has 0 radical (unpaired) electrons. The fourth-order valence-electron chi connectivity index (χ4n) is 0.903. The summed E-state index contributed by atoms with van der Waals surface area (Å²) in [4.78, 5) is 0. The zero-order chi connectivity index (χ0) is 9.61. The lowest BCUT2D eigenvalue weighted by atomic mass is 9.92. The van der Waals surface area contributed by atoms with E-state index in [0.29, 0.717) is 5.41 Å². The Bertz CT molecular complexity index is 150. The number of hydrogen-bond acceptors (Lipinski definition) is 2. The first kappa shape index (κ1) is 11.4. The largest absolute Gasteiger partial charge is 0.302 e. The van der Waals surface area contributed by atoms with Gasteiger partial charge in [0, 0.05) is 0 Å². The Morgan fingerprint density at radius 2 is 2.00 bits per heavy atom. The Morgan fingerprint density at radius 3 is 2.33 bits per heavy atom. The van der Waals surface area contributed by atoms with Crippen molar-refractivity contribution in [3.05, 3.63) is 0 Å². The molecule has 0 bridgehead atoms. The van der Waals surface area contributed by atoms with E-state index in [1.165, 1.54) is 0 Å². The lowest BCUT2D eigenvalue weighted by Crippen LogP contribution is -2.29. The van der Waals surface area contributed by atoms with Gasteiger partial charge < -0.3 is 5.32 Å². The van der Waals surface area contributed by atoms with E-state index in [1.807, 2.05) is 6.92 Å². The van der Waals surface area contributed by atoms with Crippen LogP contribution in [-0.2, 0) is 0 Å². The molecule has 0 aliphatic rings. The number of nitriles is 1. The summed E-state index contributed by atoms with van der Waals surface area (Å²) in [6, 6.07) is 2.26. The van der Waals surface area contributed by atoms with E-state index in [2.05, 4.69) is 32.2 Å². The van der Waals surface area contributed by atoms with Gasteiger partial charge in [0.05, 0.1) is 12.1 Å². The average Bonchev–Trinajstić information content (AvgIpc) is 1.96. The Balaban J connectivity index is 3.50. The fourth-order valence-corrected chi connectivity index (χ4v) is 0.903. The van der Waals surface area contributed by atoms with Crippen LogP contribution in [0.15, 0.2) is 0 Å². The van der Waals surface area contributed by atoms with Crippen LogP contribution in [-0.4, -0.2) is 12.6 Å². The molecule has 12 heavy (non-hydrogen) atoms. The Kier molecular flexibility index (Phi) is 4.92. The molecule has 2 heteroatoms. The van der Waals surface area contributed by atoms with Crippen molar-refractivity contribution in [2.75, 3.05) is 6.54 Å². The summed E-state index contributed by atoms with van der Waals surface area (Å²) in [5.74, 6) is 0. The van der Waals surface area contributed by atoms with Crippen LogP contribution in [0.3, 0.4) is 0 Å². The molecule has 0 fully saturated rings. The predicted molar refractivity (Wildman–Crippen MR) is 51.8 cm³/mol. The van der Waals surface area contributed by atoms with Crippen molar-refractivity contribution in [3.63, 3.8) is 0 Å².